The lowest BCUT2D eigenvalue weighted by atomic mass is 9.90. The summed E-state index contributed by atoms with van der Waals surface area (Å²) in [5.41, 5.74) is -0.00471. The van der Waals surface area contributed by atoms with E-state index in [0.29, 0.717) is 25.8 Å². The molecule has 0 aromatic carbocycles. The highest BCUT2D eigenvalue weighted by Crippen LogP contribution is 2.22. The van der Waals surface area contributed by atoms with Gasteiger partial charge in [0.2, 0.25) is 5.91 Å². The van der Waals surface area contributed by atoms with E-state index in [1.54, 1.807) is 24.2 Å². The van der Waals surface area contributed by atoms with E-state index in [0.717, 1.165) is 5.56 Å². The molecule has 1 aromatic heterocycles. The number of nitrogens with zero attached hydrogens (tertiary/aromatic N) is 2. The van der Waals surface area contributed by atoms with Gasteiger partial charge in [-0.25, -0.2) is 0 Å². The molecule has 0 radical (unpaired) electrons. The van der Waals surface area contributed by atoms with Gasteiger partial charge in [-0.1, -0.05) is 0 Å². The highest BCUT2D eigenvalue weighted by atomic mass is 16.3. The number of piperidine rings is 1. The lowest BCUT2D eigenvalue weighted by molar-refractivity contribution is -0.146. The van der Waals surface area contributed by atoms with Crippen LogP contribution in [-0.2, 0) is 11.2 Å². The van der Waals surface area contributed by atoms with Crippen LogP contribution in [0.25, 0.3) is 0 Å². The molecule has 5 nitrogen and oxygen atoms in total. The van der Waals surface area contributed by atoms with E-state index in [9.17, 15) is 15.0 Å². The quantitative estimate of drug-likeness (QED) is 0.826. The van der Waals surface area contributed by atoms with E-state index in [4.69, 9.17) is 0 Å². The van der Waals surface area contributed by atoms with Gasteiger partial charge in [-0.3, -0.25) is 9.78 Å². The van der Waals surface area contributed by atoms with Gasteiger partial charge in [0.1, 0.15) is 0 Å². The summed E-state index contributed by atoms with van der Waals surface area (Å²) in [5.74, 6) is 0.0198. The molecule has 5 heteroatoms. The van der Waals surface area contributed by atoms with E-state index >= 15 is 0 Å². The summed E-state index contributed by atoms with van der Waals surface area (Å²) in [6.45, 7) is 2.32. The minimum atomic E-state index is -1.08. The van der Waals surface area contributed by atoms with Crippen molar-refractivity contribution >= 4 is 5.91 Å². The molecule has 2 rings (SSSR count). The largest absolute Gasteiger partial charge is 0.388 e. The van der Waals surface area contributed by atoms with Crippen LogP contribution in [0.2, 0.25) is 0 Å². The Kier molecular flexibility index (Phi) is 4.17. The predicted molar refractivity (Wildman–Crippen MR) is 70.4 cm³/mol. The number of amides is 1. The Morgan fingerprint density at radius 3 is 2.84 bits per heavy atom. The second-order valence-electron chi connectivity index (χ2n) is 5.32. The number of aliphatic hydroxyl groups is 2. The first-order valence-corrected chi connectivity index (χ1v) is 6.56. The van der Waals surface area contributed by atoms with E-state index in [-0.39, 0.29) is 12.5 Å². The topological polar surface area (TPSA) is 73.7 Å². The van der Waals surface area contributed by atoms with Gasteiger partial charge in [-0.2, -0.15) is 0 Å². The molecular weight excluding hydrogens is 244 g/mol. The third kappa shape index (κ3) is 3.52. The second-order valence-corrected chi connectivity index (χ2v) is 5.32. The predicted octanol–water partition coefficient (Wildman–Crippen LogP) is 0.358. The molecule has 1 saturated heterocycles. The molecule has 1 fully saturated rings. The SMILES string of the molecule is C[C@@]1(O)CCN(C(=O)CCc2ccncc2)C[C@@H]1O. The fraction of sp³-hybridized carbons (Fsp3) is 0.571. The van der Waals surface area contributed by atoms with Gasteiger partial charge in [0.05, 0.1) is 11.7 Å². The molecule has 19 heavy (non-hydrogen) atoms. The highest BCUT2D eigenvalue weighted by Gasteiger charge is 2.37. The van der Waals surface area contributed by atoms with Crippen LogP contribution >= 0.6 is 0 Å². The summed E-state index contributed by atoms with van der Waals surface area (Å²) < 4.78 is 0. The minimum Gasteiger partial charge on any atom is -0.388 e. The number of aliphatic hydroxyl groups excluding tert-OH is 1. The van der Waals surface area contributed by atoms with E-state index in [1.165, 1.54) is 0 Å². The van der Waals surface area contributed by atoms with Crippen LogP contribution < -0.4 is 0 Å². The van der Waals surface area contributed by atoms with Crippen LogP contribution in [0.1, 0.15) is 25.3 Å². The van der Waals surface area contributed by atoms with Crippen molar-refractivity contribution in [1.82, 2.24) is 9.88 Å². The molecule has 0 aliphatic carbocycles. The molecule has 1 amide bonds. The van der Waals surface area contributed by atoms with Crippen molar-refractivity contribution in [2.24, 2.45) is 0 Å². The third-order valence-corrected chi connectivity index (χ3v) is 3.73. The summed E-state index contributed by atoms with van der Waals surface area (Å²) in [7, 11) is 0. The van der Waals surface area contributed by atoms with Crippen LogP contribution in [0, 0.1) is 0 Å². The lowest BCUT2D eigenvalue weighted by Gasteiger charge is -2.40. The molecular formula is C14H20N2O3. The molecule has 2 atom stereocenters. The van der Waals surface area contributed by atoms with Crippen molar-refractivity contribution in [2.75, 3.05) is 13.1 Å². The number of hydrogen-bond donors (Lipinski definition) is 2. The van der Waals surface area contributed by atoms with Gasteiger partial charge in [0.25, 0.3) is 0 Å². The highest BCUT2D eigenvalue weighted by molar-refractivity contribution is 5.76. The maximum atomic E-state index is 12.0. The number of aryl methyl sites for hydroxylation is 1. The monoisotopic (exact) mass is 264 g/mol. The van der Waals surface area contributed by atoms with Crippen molar-refractivity contribution < 1.29 is 15.0 Å². The normalized spacial score (nSPS) is 27.3. The van der Waals surface area contributed by atoms with Crippen molar-refractivity contribution in [3.05, 3.63) is 30.1 Å². The Morgan fingerprint density at radius 1 is 1.53 bits per heavy atom. The fourth-order valence-corrected chi connectivity index (χ4v) is 2.21. The maximum absolute atomic E-state index is 12.0. The lowest BCUT2D eigenvalue weighted by Crippen LogP contribution is -2.55. The third-order valence-electron chi connectivity index (χ3n) is 3.73. The van der Waals surface area contributed by atoms with Gasteiger partial charge in [-0.15, -0.1) is 0 Å². The van der Waals surface area contributed by atoms with E-state index in [2.05, 4.69) is 4.98 Å². The molecule has 0 spiro atoms. The zero-order valence-corrected chi connectivity index (χ0v) is 11.1. The van der Waals surface area contributed by atoms with E-state index < -0.39 is 11.7 Å². The van der Waals surface area contributed by atoms with Crippen LogP contribution in [0.3, 0.4) is 0 Å². The first kappa shape index (κ1) is 14.0. The van der Waals surface area contributed by atoms with Gasteiger partial charge >= 0.3 is 0 Å². The van der Waals surface area contributed by atoms with Crippen LogP contribution in [0.4, 0.5) is 0 Å². The number of likely N-dealkylation sites (tertiary alicyclic amines) is 1. The molecule has 104 valence electrons. The van der Waals surface area contributed by atoms with Crippen molar-refractivity contribution in [3.8, 4) is 0 Å². The average molecular weight is 264 g/mol. The summed E-state index contributed by atoms with van der Waals surface area (Å²) >= 11 is 0. The maximum Gasteiger partial charge on any atom is 0.222 e. The number of β-amino-alcohol motifs (C(OH)–C–C–N with tert-alkyl or cyclic N) is 1. The summed E-state index contributed by atoms with van der Waals surface area (Å²) in [6.07, 6.45) is 4.05. The molecule has 1 aliphatic heterocycles. The Hall–Kier alpha value is -1.46. The second kappa shape index (κ2) is 5.67. The Bertz CT molecular complexity index is 434. The van der Waals surface area contributed by atoms with Crippen molar-refractivity contribution in [2.45, 2.75) is 37.9 Å². The molecule has 1 aliphatic rings. The Balaban J connectivity index is 1.84. The fourth-order valence-electron chi connectivity index (χ4n) is 2.21. The first-order valence-electron chi connectivity index (χ1n) is 6.56. The molecule has 2 heterocycles. The molecule has 0 saturated carbocycles. The van der Waals surface area contributed by atoms with Gasteiger partial charge in [0, 0.05) is 31.9 Å². The summed E-state index contributed by atoms with van der Waals surface area (Å²) in [4.78, 5) is 17.6. The summed E-state index contributed by atoms with van der Waals surface area (Å²) in [5, 5.41) is 19.6. The van der Waals surface area contributed by atoms with Crippen molar-refractivity contribution in [3.63, 3.8) is 0 Å². The smallest absolute Gasteiger partial charge is 0.222 e. The molecule has 2 N–H and O–H groups in total. The zero-order valence-electron chi connectivity index (χ0n) is 11.1. The minimum absolute atomic E-state index is 0.0198. The van der Waals surface area contributed by atoms with Gasteiger partial charge in [0.15, 0.2) is 0 Å². The number of carbonyl (C=O) groups excluding carboxylic acids is 1. The van der Waals surface area contributed by atoms with E-state index in [1.807, 2.05) is 12.1 Å². The first-order chi connectivity index (χ1) is 8.99. The average Bonchev–Trinajstić information content (AvgIpc) is 2.40. The zero-order chi connectivity index (χ0) is 13.9. The van der Waals surface area contributed by atoms with Crippen LogP contribution in [0.5, 0.6) is 0 Å². The molecule has 1 aromatic rings. The van der Waals surface area contributed by atoms with Gasteiger partial charge < -0.3 is 15.1 Å². The van der Waals surface area contributed by atoms with Crippen molar-refractivity contribution in [1.29, 1.82) is 0 Å². The number of aromatic nitrogens is 1. The number of hydrogen-bond acceptors (Lipinski definition) is 4. The number of pyridine rings is 1. The number of carbonyl (C=O) groups is 1. The number of rotatable bonds is 3. The molecule has 0 unspecified atom stereocenters. The Morgan fingerprint density at radius 2 is 2.21 bits per heavy atom. The van der Waals surface area contributed by atoms with Crippen LogP contribution in [-0.4, -0.2) is 50.8 Å². The molecule has 0 bridgehead atoms. The standard InChI is InChI=1S/C14H20N2O3/c1-14(19)6-9-16(10-12(14)17)13(18)3-2-11-4-7-15-8-5-11/h4-5,7-8,12,17,19H,2-3,6,9-10H2,1H3/t12-,14+/m0/s1. The van der Waals surface area contributed by atoms with Gasteiger partial charge in [-0.05, 0) is 37.5 Å². The Labute approximate surface area is 112 Å². The summed E-state index contributed by atoms with van der Waals surface area (Å²) in [6, 6.07) is 3.78. The van der Waals surface area contributed by atoms with Crippen LogP contribution in [0.15, 0.2) is 24.5 Å².